The van der Waals surface area contributed by atoms with Crippen molar-refractivity contribution in [3.8, 4) is 0 Å². The van der Waals surface area contributed by atoms with Crippen LogP contribution in [-0.2, 0) is 0 Å². The summed E-state index contributed by atoms with van der Waals surface area (Å²) in [5.74, 6) is -2.67. The minimum absolute atomic E-state index is 0.277. The van der Waals surface area contributed by atoms with Gasteiger partial charge in [-0.25, -0.2) is 8.78 Å². The van der Waals surface area contributed by atoms with E-state index < -0.39 is 5.92 Å². The van der Waals surface area contributed by atoms with Gasteiger partial charge in [0.1, 0.15) is 0 Å². The number of halogens is 2. The maximum Gasteiger partial charge on any atom is 0.248 e. The average molecular weight is 216 g/mol. The number of alkyl halides is 2. The Morgan fingerprint density at radius 3 is 2.60 bits per heavy atom. The first kappa shape index (κ1) is 13.8. The molecule has 0 aliphatic heterocycles. The molecule has 0 radical (unpaired) electrons. The maximum atomic E-state index is 12.6. The summed E-state index contributed by atoms with van der Waals surface area (Å²) in [7, 11) is 1.61. The van der Waals surface area contributed by atoms with Crippen molar-refractivity contribution in [2.75, 3.05) is 7.05 Å². The van der Waals surface area contributed by atoms with Gasteiger partial charge in [0.2, 0.25) is 5.92 Å². The minimum Gasteiger partial charge on any atom is -0.347 e. The zero-order valence-electron chi connectivity index (χ0n) is 9.43. The van der Waals surface area contributed by atoms with E-state index in [1.165, 1.54) is 12.4 Å². The Morgan fingerprint density at radius 1 is 1.47 bits per heavy atom. The first-order valence-electron chi connectivity index (χ1n) is 4.91. The topological polar surface area (TPSA) is 24.4 Å². The molecule has 2 nitrogen and oxygen atoms in total. The van der Waals surface area contributed by atoms with Crippen molar-refractivity contribution >= 4 is 6.34 Å². The van der Waals surface area contributed by atoms with Crippen LogP contribution in [0, 0.1) is 0 Å². The smallest absolute Gasteiger partial charge is 0.248 e. The highest BCUT2D eigenvalue weighted by atomic mass is 19.3. The van der Waals surface area contributed by atoms with E-state index in [9.17, 15) is 8.78 Å². The van der Waals surface area contributed by atoms with Crippen molar-refractivity contribution < 1.29 is 8.78 Å². The fraction of sp³-hybridized carbons (Fsp3) is 0.545. The summed E-state index contributed by atoms with van der Waals surface area (Å²) in [6, 6.07) is 0. The van der Waals surface area contributed by atoms with Crippen molar-refractivity contribution in [3.63, 3.8) is 0 Å². The first-order valence-corrected chi connectivity index (χ1v) is 4.91. The van der Waals surface area contributed by atoms with Crippen LogP contribution in [0.1, 0.15) is 26.7 Å². The molecule has 0 saturated heterocycles. The van der Waals surface area contributed by atoms with Gasteiger partial charge in [-0.3, -0.25) is 4.99 Å². The van der Waals surface area contributed by atoms with Crippen molar-refractivity contribution in [1.82, 2.24) is 5.32 Å². The van der Waals surface area contributed by atoms with E-state index in [1.54, 1.807) is 13.1 Å². The van der Waals surface area contributed by atoms with Gasteiger partial charge in [0.15, 0.2) is 0 Å². The molecular formula is C11H18F2N2. The molecule has 0 rings (SSSR count). The van der Waals surface area contributed by atoms with Crippen molar-refractivity contribution in [2.45, 2.75) is 32.6 Å². The molecule has 0 saturated carbocycles. The number of nitrogens with one attached hydrogen (secondary N) is 1. The average Bonchev–Trinajstić information content (AvgIpc) is 2.15. The Bertz CT molecular complexity index is 250. The second-order valence-electron chi connectivity index (χ2n) is 3.28. The Morgan fingerprint density at radius 2 is 2.13 bits per heavy atom. The van der Waals surface area contributed by atoms with Gasteiger partial charge >= 0.3 is 0 Å². The Kier molecular flexibility index (Phi) is 6.58. The SMILES string of the molecule is CC/C=C\C(=C/CC(C)(F)F)NC=NC. The molecule has 0 aromatic carbocycles. The minimum atomic E-state index is -2.67. The van der Waals surface area contributed by atoms with E-state index in [4.69, 9.17) is 0 Å². The number of rotatable bonds is 6. The third-order valence-electron chi connectivity index (χ3n) is 1.57. The third kappa shape index (κ3) is 9.12. The predicted molar refractivity (Wildman–Crippen MR) is 60.3 cm³/mol. The Balaban J connectivity index is 4.40. The third-order valence-corrected chi connectivity index (χ3v) is 1.57. The van der Waals surface area contributed by atoms with Gasteiger partial charge in [-0.1, -0.05) is 19.1 Å². The molecule has 0 aliphatic rings. The highest BCUT2D eigenvalue weighted by Gasteiger charge is 2.18. The lowest BCUT2D eigenvalue weighted by molar-refractivity contribution is 0.0253. The molecular weight excluding hydrogens is 198 g/mol. The molecule has 0 atom stereocenters. The molecule has 86 valence electrons. The molecule has 0 amide bonds. The van der Waals surface area contributed by atoms with Crippen LogP contribution < -0.4 is 5.32 Å². The summed E-state index contributed by atoms with van der Waals surface area (Å²) in [6.07, 6.45) is 7.20. The lowest BCUT2D eigenvalue weighted by Gasteiger charge is -2.07. The van der Waals surface area contributed by atoms with Crippen LogP contribution in [-0.4, -0.2) is 19.3 Å². The standard InChI is InChI=1S/C11H18F2N2/c1-4-5-6-10(15-9-14-3)7-8-11(2,12)13/h5-7,9H,4,8H2,1-3H3,(H,14,15)/b6-5-,10-7+. The molecule has 0 spiro atoms. The van der Waals surface area contributed by atoms with E-state index in [0.717, 1.165) is 13.3 Å². The van der Waals surface area contributed by atoms with Crippen LogP contribution in [0.15, 0.2) is 28.9 Å². The number of allylic oxidation sites excluding steroid dienone is 3. The highest BCUT2D eigenvalue weighted by Crippen LogP contribution is 2.17. The molecule has 0 heterocycles. The van der Waals surface area contributed by atoms with Gasteiger partial charge in [-0.2, -0.15) is 0 Å². The zero-order chi connectivity index (χ0) is 11.7. The number of aliphatic imine (C=N–C) groups is 1. The summed E-state index contributed by atoms with van der Waals surface area (Å²) < 4.78 is 25.2. The summed E-state index contributed by atoms with van der Waals surface area (Å²) in [6.45, 7) is 2.88. The second-order valence-corrected chi connectivity index (χ2v) is 3.28. The Labute approximate surface area is 89.8 Å². The molecule has 1 N–H and O–H groups in total. The molecule has 0 bridgehead atoms. The lowest BCUT2D eigenvalue weighted by Crippen LogP contribution is -2.12. The zero-order valence-corrected chi connectivity index (χ0v) is 9.43. The highest BCUT2D eigenvalue weighted by molar-refractivity contribution is 5.58. The van der Waals surface area contributed by atoms with E-state index in [2.05, 4.69) is 10.3 Å². The van der Waals surface area contributed by atoms with Crippen LogP contribution in [0.5, 0.6) is 0 Å². The van der Waals surface area contributed by atoms with Crippen LogP contribution in [0.25, 0.3) is 0 Å². The monoisotopic (exact) mass is 216 g/mol. The quantitative estimate of drug-likeness (QED) is 0.412. The first-order chi connectivity index (χ1) is 6.99. The van der Waals surface area contributed by atoms with Gasteiger partial charge in [-0.15, -0.1) is 0 Å². The predicted octanol–water partition coefficient (Wildman–Crippen LogP) is 3.13. The van der Waals surface area contributed by atoms with E-state index in [1.807, 2.05) is 13.0 Å². The molecule has 0 aromatic rings. The lowest BCUT2D eigenvalue weighted by atomic mass is 10.2. The number of hydrogen-bond acceptors (Lipinski definition) is 1. The molecule has 15 heavy (non-hydrogen) atoms. The van der Waals surface area contributed by atoms with Gasteiger partial charge in [0.25, 0.3) is 0 Å². The summed E-state index contributed by atoms with van der Waals surface area (Å²) in [5.41, 5.74) is 0.643. The van der Waals surface area contributed by atoms with Crippen molar-refractivity contribution in [1.29, 1.82) is 0 Å². The maximum absolute atomic E-state index is 12.6. The normalized spacial score (nSPS) is 14.1. The molecule has 0 unspecified atom stereocenters. The van der Waals surface area contributed by atoms with Crippen molar-refractivity contribution in [2.24, 2.45) is 4.99 Å². The van der Waals surface area contributed by atoms with Crippen LogP contribution in [0.2, 0.25) is 0 Å². The largest absolute Gasteiger partial charge is 0.347 e. The van der Waals surface area contributed by atoms with Crippen LogP contribution in [0.3, 0.4) is 0 Å². The number of hydrogen-bond donors (Lipinski definition) is 1. The molecule has 0 aliphatic carbocycles. The van der Waals surface area contributed by atoms with Gasteiger partial charge < -0.3 is 5.32 Å². The van der Waals surface area contributed by atoms with Gasteiger partial charge in [0.05, 0.1) is 6.34 Å². The second kappa shape index (κ2) is 7.15. The van der Waals surface area contributed by atoms with Crippen LogP contribution in [0.4, 0.5) is 8.78 Å². The fourth-order valence-corrected chi connectivity index (χ4v) is 0.848. The van der Waals surface area contributed by atoms with E-state index in [-0.39, 0.29) is 6.42 Å². The van der Waals surface area contributed by atoms with Gasteiger partial charge in [-0.05, 0) is 19.4 Å². The van der Waals surface area contributed by atoms with Gasteiger partial charge in [0, 0.05) is 19.2 Å². The fourth-order valence-electron chi connectivity index (χ4n) is 0.848. The summed E-state index contributed by atoms with van der Waals surface area (Å²) in [5, 5.41) is 2.83. The molecule has 0 aromatic heterocycles. The molecule has 4 heteroatoms. The van der Waals surface area contributed by atoms with E-state index in [0.29, 0.717) is 5.70 Å². The Hall–Kier alpha value is -1.19. The molecule has 0 fully saturated rings. The summed E-state index contributed by atoms with van der Waals surface area (Å²) in [4.78, 5) is 3.73. The van der Waals surface area contributed by atoms with Crippen molar-refractivity contribution in [3.05, 3.63) is 23.9 Å². The van der Waals surface area contributed by atoms with Crippen LogP contribution >= 0.6 is 0 Å². The summed E-state index contributed by atoms with van der Waals surface area (Å²) >= 11 is 0. The van der Waals surface area contributed by atoms with E-state index >= 15 is 0 Å². The number of nitrogens with zero attached hydrogens (tertiary/aromatic N) is 1.